The zero-order valence-electron chi connectivity index (χ0n) is 11.7. The lowest BCUT2D eigenvalue weighted by Crippen LogP contribution is -1.99. The van der Waals surface area contributed by atoms with E-state index in [9.17, 15) is 0 Å². The van der Waals surface area contributed by atoms with Gasteiger partial charge in [-0.3, -0.25) is 4.98 Å². The minimum absolute atomic E-state index is 0.747. The van der Waals surface area contributed by atoms with E-state index in [0.717, 1.165) is 46.9 Å². The number of fused-ring (bicyclic) bond motifs is 1. The van der Waals surface area contributed by atoms with Crippen molar-refractivity contribution in [2.24, 2.45) is 0 Å². The van der Waals surface area contributed by atoms with E-state index >= 15 is 0 Å². The van der Waals surface area contributed by atoms with Crippen molar-refractivity contribution >= 4 is 16.8 Å². The Labute approximate surface area is 117 Å². The van der Waals surface area contributed by atoms with Crippen LogP contribution in [-0.4, -0.2) is 9.97 Å². The molecular weight excluding hydrogens is 250 g/mol. The zero-order valence-corrected chi connectivity index (χ0v) is 11.7. The molecule has 0 saturated carbocycles. The number of nitrogens with zero attached hydrogens (tertiary/aromatic N) is 2. The van der Waals surface area contributed by atoms with E-state index in [1.54, 1.807) is 0 Å². The molecule has 0 unspecified atom stereocenters. The molecule has 0 aliphatic heterocycles. The van der Waals surface area contributed by atoms with E-state index in [2.05, 4.69) is 21.4 Å². The lowest BCUT2D eigenvalue weighted by atomic mass is 10.2. The smallest absolute Gasteiger partial charge is 0.195 e. The maximum atomic E-state index is 5.60. The van der Waals surface area contributed by atoms with Gasteiger partial charge in [0.05, 0.1) is 0 Å². The highest BCUT2D eigenvalue weighted by Gasteiger charge is 2.04. The van der Waals surface area contributed by atoms with Crippen molar-refractivity contribution < 1.29 is 4.42 Å². The molecule has 2 heterocycles. The molecular formula is C16H17N3O. The topological polar surface area (TPSA) is 51.0 Å². The van der Waals surface area contributed by atoms with Gasteiger partial charge in [0.15, 0.2) is 11.5 Å². The van der Waals surface area contributed by atoms with Crippen molar-refractivity contribution in [2.45, 2.75) is 26.8 Å². The van der Waals surface area contributed by atoms with Crippen LogP contribution in [0, 0.1) is 6.92 Å². The van der Waals surface area contributed by atoms with Crippen molar-refractivity contribution in [1.29, 1.82) is 0 Å². The van der Waals surface area contributed by atoms with Crippen molar-refractivity contribution in [3.8, 4) is 0 Å². The molecule has 0 amide bonds. The zero-order chi connectivity index (χ0) is 13.9. The summed E-state index contributed by atoms with van der Waals surface area (Å²) in [4.78, 5) is 8.73. The molecule has 1 N–H and O–H groups in total. The summed E-state index contributed by atoms with van der Waals surface area (Å²) in [5, 5.41) is 3.38. The number of nitrogens with one attached hydrogen (secondary N) is 1. The molecule has 102 valence electrons. The largest absolute Gasteiger partial charge is 0.441 e. The van der Waals surface area contributed by atoms with Gasteiger partial charge in [-0.25, -0.2) is 4.98 Å². The van der Waals surface area contributed by atoms with Crippen LogP contribution in [0.5, 0.6) is 0 Å². The average molecular weight is 267 g/mol. The summed E-state index contributed by atoms with van der Waals surface area (Å²) in [5.41, 5.74) is 4.96. The van der Waals surface area contributed by atoms with Gasteiger partial charge in [0.1, 0.15) is 5.52 Å². The first-order valence-electron chi connectivity index (χ1n) is 6.79. The molecule has 0 fully saturated rings. The predicted octanol–water partition coefficient (Wildman–Crippen LogP) is 3.71. The minimum Gasteiger partial charge on any atom is -0.441 e. The van der Waals surface area contributed by atoms with Gasteiger partial charge in [0, 0.05) is 30.5 Å². The Morgan fingerprint density at radius 3 is 2.85 bits per heavy atom. The Kier molecular flexibility index (Phi) is 3.37. The SMILES string of the molecule is CCc1nc2cc(NCc3ccc(C)nc3)ccc2o1. The van der Waals surface area contributed by atoms with Gasteiger partial charge in [-0.1, -0.05) is 13.0 Å². The molecule has 0 bridgehead atoms. The van der Waals surface area contributed by atoms with E-state index < -0.39 is 0 Å². The van der Waals surface area contributed by atoms with Crippen LogP contribution in [0.3, 0.4) is 0 Å². The second kappa shape index (κ2) is 5.33. The first-order chi connectivity index (χ1) is 9.74. The van der Waals surface area contributed by atoms with Crippen molar-refractivity contribution in [2.75, 3.05) is 5.32 Å². The van der Waals surface area contributed by atoms with Gasteiger partial charge >= 0.3 is 0 Å². The monoisotopic (exact) mass is 267 g/mol. The number of anilines is 1. The maximum absolute atomic E-state index is 5.60. The van der Waals surface area contributed by atoms with Crippen molar-refractivity contribution in [1.82, 2.24) is 9.97 Å². The van der Waals surface area contributed by atoms with Crippen LogP contribution in [-0.2, 0) is 13.0 Å². The third kappa shape index (κ3) is 2.64. The van der Waals surface area contributed by atoms with Crippen LogP contribution in [0.25, 0.3) is 11.1 Å². The van der Waals surface area contributed by atoms with Gasteiger partial charge in [-0.05, 0) is 36.8 Å². The van der Waals surface area contributed by atoms with E-state index in [-0.39, 0.29) is 0 Å². The average Bonchev–Trinajstić information content (AvgIpc) is 2.89. The molecule has 4 heteroatoms. The summed E-state index contributed by atoms with van der Waals surface area (Å²) in [6.07, 6.45) is 2.71. The molecule has 2 aromatic heterocycles. The summed E-state index contributed by atoms with van der Waals surface area (Å²) < 4.78 is 5.60. The molecule has 3 aromatic rings. The van der Waals surface area contributed by atoms with E-state index in [1.165, 1.54) is 0 Å². The second-order valence-corrected chi connectivity index (χ2v) is 4.81. The minimum atomic E-state index is 0.747. The fourth-order valence-corrected chi connectivity index (χ4v) is 2.04. The molecule has 0 saturated heterocycles. The highest BCUT2D eigenvalue weighted by Crippen LogP contribution is 2.20. The molecule has 4 nitrogen and oxygen atoms in total. The van der Waals surface area contributed by atoms with Crippen LogP contribution in [0.1, 0.15) is 24.1 Å². The number of aryl methyl sites for hydroxylation is 2. The normalized spacial score (nSPS) is 10.9. The number of hydrogen-bond donors (Lipinski definition) is 1. The number of pyridine rings is 1. The lowest BCUT2D eigenvalue weighted by molar-refractivity contribution is 0.538. The number of rotatable bonds is 4. The van der Waals surface area contributed by atoms with E-state index in [1.807, 2.05) is 44.3 Å². The Morgan fingerprint density at radius 2 is 2.10 bits per heavy atom. The second-order valence-electron chi connectivity index (χ2n) is 4.81. The first-order valence-corrected chi connectivity index (χ1v) is 6.79. The molecule has 0 spiro atoms. The molecule has 0 aliphatic rings. The fraction of sp³-hybridized carbons (Fsp3) is 0.250. The van der Waals surface area contributed by atoms with Gasteiger partial charge < -0.3 is 9.73 Å². The molecule has 0 aliphatic carbocycles. The first kappa shape index (κ1) is 12.7. The van der Waals surface area contributed by atoms with Crippen molar-refractivity contribution in [3.63, 3.8) is 0 Å². The Morgan fingerprint density at radius 1 is 1.20 bits per heavy atom. The van der Waals surface area contributed by atoms with Crippen LogP contribution < -0.4 is 5.32 Å². The lowest BCUT2D eigenvalue weighted by Gasteiger charge is -2.06. The van der Waals surface area contributed by atoms with E-state index in [0.29, 0.717) is 0 Å². The molecule has 3 rings (SSSR count). The standard InChI is InChI=1S/C16H17N3O/c1-3-16-19-14-8-13(6-7-15(14)20-16)18-10-12-5-4-11(2)17-9-12/h4-9,18H,3,10H2,1-2H3. The summed E-state index contributed by atoms with van der Waals surface area (Å²) in [5.74, 6) is 0.778. The molecule has 20 heavy (non-hydrogen) atoms. The summed E-state index contributed by atoms with van der Waals surface area (Å²) >= 11 is 0. The number of oxazole rings is 1. The van der Waals surface area contributed by atoms with Gasteiger partial charge in [0.2, 0.25) is 0 Å². The Balaban J connectivity index is 1.75. The molecule has 0 atom stereocenters. The molecule has 1 aromatic carbocycles. The third-order valence-electron chi connectivity index (χ3n) is 3.20. The van der Waals surface area contributed by atoms with E-state index in [4.69, 9.17) is 4.42 Å². The highest BCUT2D eigenvalue weighted by molar-refractivity contribution is 5.77. The number of hydrogen-bond acceptors (Lipinski definition) is 4. The maximum Gasteiger partial charge on any atom is 0.195 e. The number of aromatic nitrogens is 2. The van der Waals surface area contributed by atoms with Crippen LogP contribution in [0.15, 0.2) is 40.9 Å². The van der Waals surface area contributed by atoms with Gasteiger partial charge in [-0.2, -0.15) is 0 Å². The third-order valence-corrected chi connectivity index (χ3v) is 3.20. The van der Waals surface area contributed by atoms with Crippen LogP contribution >= 0.6 is 0 Å². The number of benzene rings is 1. The quantitative estimate of drug-likeness (QED) is 0.783. The van der Waals surface area contributed by atoms with Crippen LogP contribution in [0.2, 0.25) is 0 Å². The summed E-state index contributed by atoms with van der Waals surface area (Å²) in [6.45, 7) is 4.77. The Bertz CT molecular complexity index is 716. The van der Waals surface area contributed by atoms with Gasteiger partial charge in [0.25, 0.3) is 0 Å². The fourth-order valence-electron chi connectivity index (χ4n) is 2.04. The van der Waals surface area contributed by atoms with Gasteiger partial charge in [-0.15, -0.1) is 0 Å². The molecule has 0 radical (unpaired) electrons. The Hall–Kier alpha value is -2.36. The van der Waals surface area contributed by atoms with Crippen molar-refractivity contribution in [3.05, 3.63) is 53.7 Å². The predicted molar refractivity (Wildman–Crippen MR) is 79.7 cm³/mol. The van der Waals surface area contributed by atoms with Crippen LogP contribution in [0.4, 0.5) is 5.69 Å². The summed E-state index contributed by atoms with van der Waals surface area (Å²) in [7, 11) is 0. The summed E-state index contributed by atoms with van der Waals surface area (Å²) in [6, 6.07) is 10.1. The highest BCUT2D eigenvalue weighted by atomic mass is 16.3.